The summed E-state index contributed by atoms with van der Waals surface area (Å²) in [5.74, 6) is 0.770. The lowest BCUT2D eigenvalue weighted by atomic mass is 10.2. The third-order valence-corrected chi connectivity index (χ3v) is 3.22. The Hall–Kier alpha value is -1.05. The van der Waals surface area contributed by atoms with Gasteiger partial charge in [-0.2, -0.15) is 0 Å². The van der Waals surface area contributed by atoms with Crippen molar-refractivity contribution in [3.8, 4) is 0 Å². The van der Waals surface area contributed by atoms with Gasteiger partial charge in [0.25, 0.3) is 0 Å². The highest BCUT2D eigenvalue weighted by atomic mass is 127. The van der Waals surface area contributed by atoms with Gasteiger partial charge in [-0.1, -0.05) is 11.6 Å². The Kier molecular flexibility index (Phi) is 3.89. The van der Waals surface area contributed by atoms with Crippen LogP contribution in [-0.4, -0.2) is 33.1 Å². The van der Waals surface area contributed by atoms with E-state index in [0.717, 1.165) is 15.1 Å². The Morgan fingerprint density at radius 2 is 2.26 bits per heavy atom. The van der Waals surface area contributed by atoms with Crippen molar-refractivity contribution in [1.29, 1.82) is 0 Å². The van der Waals surface area contributed by atoms with Gasteiger partial charge >= 0.3 is 6.09 Å². The minimum Gasteiger partial charge on any atom is -0.444 e. The molecule has 1 aliphatic heterocycles. The number of hydrogen-bond acceptors (Lipinski definition) is 3. The zero-order valence-electron chi connectivity index (χ0n) is 11.5. The number of nitrogens with one attached hydrogen (secondary N) is 1. The smallest absolute Gasteiger partial charge is 0.411 e. The zero-order valence-corrected chi connectivity index (χ0v) is 13.7. The van der Waals surface area contributed by atoms with Crippen molar-refractivity contribution < 1.29 is 9.53 Å². The lowest BCUT2D eigenvalue weighted by Crippen LogP contribution is -2.37. The summed E-state index contributed by atoms with van der Waals surface area (Å²) >= 11 is 2.17. The number of hydrogen-bond donors (Lipinski definition) is 1. The van der Waals surface area contributed by atoms with E-state index >= 15 is 0 Å². The Labute approximate surface area is 126 Å². The number of nitrogens with zero attached hydrogens (tertiary/aromatic N) is 2. The van der Waals surface area contributed by atoms with E-state index in [4.69, 9.17) is 4.74 Å². The first-order chi connectivity index (χ1) is 8.76. The van der Waals surface area contributed by atoms with Crippen molar-refractivity contribution in [2.75, 3.05) is 6.54 Å². The van der Waals surface area contributed by atoms with Crippen LogP contribution in [0.5, 0.6) is 0 Å². The molecule has 6 heteroatoms. The molecule has 2 rings (SSSR count). The standard InChI is InChI=1S/C13H18IN3O2/c1-8-5-9(11-15-6-10(14)16-11)17(7-8)12(18)19-13(2,3)4/h5-6,9H,7H2,1-4H3,(H,15,16)/t9-/m0/s1. The number of aromatic amines is 1. The molecule has 0 aliphatic carbocycles. The van der Waals surface area contributed by atoms with Crippen LogP contribution in [0.1, 0.15) is 39.6 Å². The SMILES string of the molecule is CC1=C[C@@H](c2ncc(I)[nH]2)N(C(=O)OC(C)(C)C)C1. The summed E-state index contributed by atoms with van der Waals surface area (Å²) in [4.78, 5) is 21.4. The van der Waals surface area contributed by atoms with Gasteiger partial charge in [0.2, 0.25) is 0 Å². The minimum absolute atomic E-state index is 0.168. The number of H-pyrrole nitrogens is 1. The third-order valence-electron chi connectivity index (χ3n) is 2.67. The molecule has 0 bridgehead atoms. The molecule has 0 radical (unpaired) electrons. The van der Waals surface area contributed by atoms with E-state index in [1.165, 1.54) is 0 Å². The summed E-state index contributed by atoms with van der Waals surface area (Å²) in [7, 11) is 0. The predicted octanol–water partition coefficient (Wildman–Crippen LogP) is 3.25. The molecule has 2 heterocycles. The van der Waals surface area contributed by atoms with E-state index < -0.39 is 5.60 Å². The molecule has 1 N–H and O–H groups in total. The molecule has 0 fully saturated rings. The largest absolute Gasteiger partial charge is 0.444 e. The first-order valence-corrected chi connectivity index (χ1v) is 7.21. The molecule has 0 unspecified atom stereocenters. The van der Waals surface area contributed by atoms with Gasteiger partial charge in [-0.05, 0) is 50.3 Å². The average Bonchev–Trinajstić information content (AvgIpc) is 2.81. The second-order valence-electron chi connectivity index (χ2n) is 5.68. The molecule has 104 valence electrons. The number of aromatic nitrogens is 2. The monoisotopic (exact) mass is 375 g/mol. The summed E-state index contributed by atoms with van der Waals surface area (Å²) in [6, 6.07) is -0.168. The van der Waals surface area contributed by atoms with Crippen LogP contribution in [0.15, 0.2) is 17.8 Å². The van der Waals surface area contributed by atoms with Crippen molar-refractivity contribution in [2.24, 2.45) is 0 Å². The molecule has 1 aliphatic rings. The number of halogens is 1. The van der Waals surface area contributed by atoms with Crippen molar-refractivity contribution in [3.05, 3.63) is 27.4 Å². The normalized spacial score (nSPS) is 19.5. The second-order valence-corrected chi connectivity index (χ2v) is 6.84. The molecular formula is C13H18IN3O2. The molecular weight excluding hydrogens is 357 g/mol. The number of ether oxygens (including phenoxy) is 1. The maximum atomic E-state index is 12.2. The van der Waals surface area contributed by atoms with E-state index in [9.17, 15) is 4.79 Å². The van der Waals surface area contributed by atoms with Gasteiger partial charge < -0.3 is 9.72 Å². The highest BCUT2D eigenvalue weighted by Crippen LogP contribution is 2.30. The maximum absolute atomic E-state index is 12.2. The Morgan fingerprint density at radius 1 is 1.58 bits per heavy atom. The summed E-state index contributed by atoms with van der Waals surface area (Å²) in [5, 5.41) is 0. The Morgan fingerprint density at radius 3 is 2.79 bits per heavy atom. The van der Waals surface area contributed by atoms with Crippen LogP contribution < -0.4 is 0 Å². The topological polar surface area (TPSA) is 58.2 Å². The van der Waals surface area contributed by atoms with Gasteiger partial charge in [0, 0.05) is 6.54 Å². The van der Waals surface area contributed by atoms with Crippen molar-refractivity contribution in [3.63, 3.8) is 0 Å². The van der Waals surface area contributed by atoms with Crippen LogP contribution in [0.2, 0.25) is 0 Å². The van der Waals surface area contributed by atoms with E-state index in [2.05, 4.69) is 32.6 Å². The van der Waals surface area contributed by atoms with Gasteiger partial charge in [-0.3, -0.25) is 4.90 Å². The van der Waals surface area contributed by atoms with Crippen molar-refractivity contribution in [2.45, 2.75) is 39.3 Å². The summed E-state index contributed by atoms with van der Waals surface area (Å²) in [5.41, 5.74) is 0.651. The van der Waals surface area contributed by atoms with Crippen LogP contribution in [0.25, 0.3) is 0 Å². The highest BCUT2D eigenvalue weighted by molar-refractivity contribution is 14.1. The van der Waals surface area contributed by atoms with Crippen LogP contribution >= 0.6 is 22.6 Å². The molecule has 0 aromatic carbocycles. The van der Waals surface area contributed by atoms with Gasteiger partial charge in [-0.15, -0.1) is 0 Å². The lowest BCUT2D eigenvalue weighted by molar-refractivity contribution is 0.0232. The molecule has 5 nitrogen and oxygen atoms in total. The van der Waals surface area contributed by atoms with Gasteiger partial charge in [0.05, 0.1) is 9.90 Å². The molecule has 1 atom stereocenters. The second kappa shape index (κ2) is 5.15. The van der Waals surface area contributed by atoms with E-state index in [1.54, 1.807) is 11.1 Å². The molecule has 1 aromatic heterocycles. The Bertz CT molecular complexity index is 516. The van der Waals surface area contributed by atoms with Gasteiger partial charge in [0.15, 0.2) is 0 Å². The van der Waals surface area contributed by atoms with Gasteiger partial charge in [-0.25, -0.2) is 9.78 Å². The summed E-state index contributed by atoms with van der Waals surface area (Å²) < 4.78 is 6.39. The number of imidazole rings is 1. The molecule has 19 heavy (non-hydrogen) atoms. The summed E-state index contributed by atoms with van der Waals surface area (Å²) in [6.07, 6.45) is 3.49. The minimum atomic E-state index is -0.490. The average molecular weight is 375 g/mol. The van der Waals surface area contributed by atoms with E-state index in [0.29, 0.717) is 6.54 Å². The fraction of sp³-hybridized carbons (Fsp3) is 0.538. The van der Waals surface area contributed by atoms with Gasteiger partial charge in [0.1, 0.15) is 17.5 Å². The fourth-order valence-corrected chi connectivity index (χ4v) is 2.38. The lowest BCUT2D eigenvalue weighted by Gasteiger charge is -2.27. The third kappa shape index (κ3) is 3.49. The quantitative estimate of drug-likeness (QED) is 0.606. The molecule has 0 saturated carbocycles. The number of carbonyl (C=O) groups is 1. The number of carbonyl (C=O) groups excluding carboxylic acids is 1. The van der Waals surface area contributed by atoms with Crippen LogP contribution in [0.4, 0.5) is 4.79 Å². The first-order valence-electron chi connectivity index (χ1n) is 6.13. The predicted molar refractivity (Wildman–Crippen MR) is 80.7 cm³/mol. The van der Waals surface area contributed by atoms with Crippen molar-refractivity contribution in [1.82, 2.24) is 14.9 Å². The molecule has 1 aromatic rings. The zero-order chi connectivity index (χ0) is 14.2. The molecule has 1 amide bonds. The summed E-state index contributed by atoms with van der Waals surface area (Å²) in [6.45, 7) is 8.19. The van der Waals surface area contributed by atoms with Crippen molar-refractivity contribution >= 4 is 28.7 Å². The first kappa shape index (κ1) is 14.4. The maximum Gasteiger partial charge on any atom is 0.411 e. The highest BCUT2D eigenvalue weighted by Gasteiger charge is 2.33. The van der Waals surface area contributed by atoms with Crippen LogP contribution in [0.3, 0.4) is 0 Å². The Balaban J connectivity index is 2.19. The number of amides is 1. The number of rotatable bonds is 1. The molecule has 0 saturated heterocycles. The van der Waals surface area contributed by atoms with E-state index in [-0.39, 0.29) is 12.1 Å². The van der Waals surface area contributed by atoms with E-state index in [1.807, 2.05) is 33.8 Å². The fourth-order valence-electron chi connectivity index (χ4n) is 1.97. The molecule has 0 spiro atoms. The van der Waals surface area contributed by atoms with Crippen LogP contribution in [-0.2, 0) is 4.74 Å². The van der Waals surface area contributed by atoms with Crippen LogP contribution in [0, 0.1) is 3.70 Å².